The molecule has 24 heavy (non-hydrogen) atoms. The molecule has 122 valence electrons. The number of amides is 2. The molecule has 0 saturated carbocycles. The SMILES string of the molecule is C[C@@H]1CCc2ccccc2N1CCN1C(=O)c2ccccc2C1=O. The number of carbonyl (C=O) groups excluding carboxylic acids is 2. The van der Waals surface area contributed by atoms with E-state index in [0.717, 1.165) is 12.8 Å². The topological polar surface area (TPSA) is 40.6 Å². The van der Waals surface area contributed by atoms with Gasteiger partial charge in [0.15, 0.2) is 0 Å². The predicted molar refractivity (Wildman–Crippen MR) is 93.4 cm³/mol. The zero-order chi connectivity index (χ0) is 16.7. The first-order valence-electron chi connectivity index (χ1n) is 8.46. The minimum absolute atomic E-state index is 0.173. The van der Waals surface area contributed by atoms with Crippen LogP contribution in [0.25, 0.3) is 0 Å². The van der Waals surface area contributed by atoms with Crippen molar-refractivity contribution in [2.75, 3.05) is 18.0 Å². The van der Waals surface area contributed by atoms with Crippen molar-refractivity contribution in [1.82, 2.24) is 4.90 Å². The van der Waals surface area contributed by atoms with E-state index in [4.69, 9.17) is 0 Å². The molecule has 2 aliphatic heterocycles. The number of aryl methyl sites for hydroxylation is 1. The van der Waals surface area contributed by atoms with Crippen molar-refractivity contribution < 1.29 is 9.59 Å². The summed E-state index contributed by atoms with van der Waals surface area (Å²) >= 11 is 0. The maximum absolute atomic E-state index is 12.5. The van der Waals surface area contributed by atoms with E-state index in [1.54, 1.807) is 24.3 Å². The number of fused-ring (bicyclic) bond motifs is 2. The van der Waals surface area contributed by atoms with E-state index in [2.05, 4.69) is 30.0 Å². The molecule has 0 N–H and O–H groups in total. The van der Waals surface area contributed by atoms with Gasteiger partial charge in [-0.3, -0.25) is 14.5 Å². The Kier molecular flexibility index (Phi) is 3.60. The molecular formula is C20H20N2O2. The highest BCUT2D eigenvalue weighted by atomic mass is 16.2. The van der Waals surface area contributed by atoms with Crippen molar-refractivity contribution in [3.05, 3.63) is 65.2 Å². The molecule has 0 saturated heterocycles. The average Bonchev–Trinajstić information content (AvgIpc) is 2.86. The smallest absolute Gasteiger partial charge is 0.261 e. The van der Waals surface area contributed by atoms with E-state index >= 15 is 0 Å². The molecule has 0 aliphatic carbocycles. The van der Waals surface area contributed by atoms with Crippen LogP contribution in [0, 0.1) is 0 Å². The van der Waals surface area contributed by atoms with Gasteiger partial charge in [0.05, 0.1) is 11.1 Å². The van der Waals surface area contributed by atoms with Gasteiger partial charge < -0.3 is 4.90 Å². The van der Waals surface area contributed by atoms with Crippen molar-refractivity contribution in [1.29, 1.82) is 0 Å². The number of hydrogen-bond donors (Lipinski definition) is 0. The molecule has 4 nitrogen and oxygen atoms in total. The molecule has 4 heteroatoms. The first kappa shape index (κ1) is 14.9. The molecule has 2 aromatic carbocycles. The van der Waals surface area contributed by atoms with Crippen LogP contribution < -0.4 is 4.90 Å². The lowest BCUT2D eigenvalue weighted by atomic mass is 9.97. The van der Waals surface area contributed by atoms with Gasteiger partial charge in [0.25, 0.3) is 11.8 Å². The Morgan fingerprint density at radius 2 is 1.54 bits per heavy atom. The summed E-state index contributed by atoms with van der Waals surface area (Å²) in [6.07, 6.45) is 2.18. The minimum atomic E-state index is -0.173. The highest BCUT2D eigenvalue weighted by molar-refractivity contribution is 6.21. The Labute approximate surface area is 141 Å². The van der Waals surface area contributed by atoms with E-state index in [0.29, 0.717) is 30.3 Å². The summed E-state index contributed by atoms with van der Waals surface area (Å²) in [6.45, 7) is 3.30. The highest BCUT2D eigenvalue weighted by Crippen LogP contribution is 2.30. The van der Waals surface area contributed by atoms with Gasteiger partial charge in [-0.25, -0.2) is 0 Å². The lowest BCUT2D eigenvalue weighted by Crippen LogP contribution is -2.44. The molecule has 2 aromatic rings. The van der Waals surface area contributed by atoms with Crippen molar-refractivity contribution in [2.24, 2.45) is 0 Å². The zero-order valence-corrected chi connectivity index (χ0v) is 13.7. The summed E-state index contributed by atoms with van der Waals surface area (Å²) in [4.78, 5) is 28.7. The van der Waals surface area contributed by atoms with Gasteiger partial charge >= 0.3 is 0 Å². The third-order valence-electron chi connectivity index (χ3n) is 5.11. The lowest BCUT2D eigenvalue weighted by molar-refractivity contribution is 0.0657. The van der Waals surface area contributed by atoms with Crippen molar-refractivity contribution in [2.45, 2.75) is 25.8 Å². The van der Waals surface area contributed by atoms with Crippen LogP contribution in [0.2, 0.25) is 0 Å². The third-order valence-corrected chi connectivity index (χ3v) is 5.11. The van der Waals surface area contributed by atoms with Crippen LogP contribution in [0.3, 0.4) is 0 Å². The van der Waals surface area contributed by atoms with Crippen LogP contribution in [-0.4, -0.2) is 35.8 Å². The molecule has 0 spiro atoms. The molecule has 1 atom stereocenters. The summed E-state index contributed by atoms with van der Waals surface area (Å²) in [5.41, 5.74) is 3.62. The van der Waals surface area contributed by atoms with Gasteiger partial charge in [0, 0.05) is 24.8 Å². The largest absolute Gasteiger partial charge is 0.367 e. The molecule has 0 fully saturated rings. The van der Waals surface area contributed by atoms with Crippen LogP contribution in [0.4, 0.5) is 5.69 Å². The number of para-hydroxylation sites is 1. The zero-order valence-electron chi connectivity index (χ0n) is 13.7. The van der Waals surface area contributed by atoms with E-state index in [1.165, 1.54) is 16.2 Å². The summed E-state index contributed by atoms with van der Waals surface area (Å²) in [5.74, 6) is -0.345. The fraction of sp³-hybridized carbons (Fsp3) is 0.300. The Hall–Kier alpha value is -2.62. The standard InChI is InChI=1S/C20H20N2O2/c1-14-10-11-15-6-2-5-9-18(15)21(14)12-13-22-19(23)16-7-3-4-8-17(16)20(22)24/h2-9,14H,10-13H2,1H3/t14-/m1/s1. The van der Waals surface area contributed by atoms with Crippen LogP contribution in [-0.2, 0) is 6.42 Å². The molecule has 0 aromatic heterocycles. The normalized spacial score (nSPS) is 19.5. The number of anilines is 1. The van der Waals surface area contributed by atoms with Gasteiger partial charge in [0.1, 0.15) is 0 Å². The molecule has 0 bridgehead atoms. The van der Waals surface area contributed by atoms with E-state index in [-0.39, 0.29) is 11.8 Å². The van der Waals surface area contributed by atoms with E-state index in [1.807, 2.05) is 6.07 Å². The fourth-order valence-electron chi connectivity index (χ4n) is 3.75. The molecule has 0 unspecified atom stereocenters. The number of rotatable bonds is 3. The maximum atomic E-state index is 12.5. The fourth-order valence-corrected chi connectivity index (χ4v) is 3.75. The van der Waals surface area contributed by atoms with Gasteiger partial charge in [-0.05, 0) is 43.5 Å². The molecule has 0 radical (unpaired) electrons. The minimum Gasteiger partial charge on any atom is -0.367 e. The second-order valence-electron chi connectivity index (χ2n) is 6.52. The van der Waals surface area contributed by atoms with E-state index < -0.39 is 0 Å². The first-order chi connectivity index (χ1) is 11.7. The van der Waals surface area contributed by atoms with Gasteiger partial charge in [-0.1, -0.05) is 30.3 Å². The lowest BCUT2D eigenvalue weighted by Gasteiger charge is -2.37. The molecule has 2 heterocycles. The first-order valence-corrected chi connectivity index (χ1v) is 8.46. The summed E-state index contributed by atoms with van der Waals surface area (Å²) in [7, 11) is 0. The van der Waals surface area contributed by atoms with Gasteiger partial charge in [-0.2, -0.15) is 0 Å². The Morgan fingerprint density at radius 3 is 2.25 bits per heavy atom. The van der Waals surface area contributed by atoms with Gasteiger partial charge in [0.2, 0.25) is 0 Å². The van der Waals surface area contributed by atoms with E-state index in [9.17, 15) is 9.59 Å². The van der Waals surface area contributed by atoms with Crippen molar-refractivity contribution in [3.8, 4) is 0 Å². The number of imide groups is 1. The quantitative estimate of drug-likeness (QED) is 0.816. The van der Waals surface area contributed by atoms with Crippen LogP contribution >= 0.6 is 0 Å². The number of nitrogens with zero attached hydrogens (tertiary/aromatic N) is 2. The maximum Gasteiger partial charge on any atom is 0.261 e. The molecule has 2 aliphatic rings. The number of carbonyl (C=O) groups is 2. The Morgan fingerprint density at radius 1 is 0.917 bits per heavy atom. The molecule has 2 amide bonds. The average molecular weight is 320 g/mol. The van der Waals surface area contributed by atoms with Gasteiger partial charge in [-0.15, -0.1) is 0 Å². The molecular weight excluding hydrogens is 300 g/mol. The summed E-state index contributed by atoms with van der Waals surface area (Å²) in [6, 6.07) is 15.9. The summed E-state index contributed by atoms with van der Waals surface area (Å²) < 4.78 is 0. The highest BCUT2D eigenvalue weighted by Gasteiger charge is 2.35. The molecule has 4 rings (SSSR count). The second kappa shape index (κ2) is 5.78. The monoisotopic (exact) mass is 320 g/mol. The summed E-state index contributed by atoms with van der Waals surface area (Å²) in [5, 5.41) is 0. The third kappa shape index (κ3) is 2.30. The van der Waals surface area contributed by atoms with Crippen LogP contribution in [0.15, 0.2) is 48.5 Å². The van der Waals surface area contributed by atoms with Crippen LogP contribution in [0.1, 0.15) is 39.6 Å². The van der Waals surface area contributed by atoms with Crippen molar-refractivity contribution in [3.63, 3.8) is 0 Å². The van der Waals surface area contributed by atoms with Crippen molar-refractivity contribution >= 4 is 17.5 Å². The number of hydrogen-bond acceptors (Lipinski definition) is 3. The Balaban J connectivity index is 1.54. The second-order valence-corrected chi connectivity index (χ2v) is 6.52. The van der Waals surface area contributed by atoms with Crippen LogP contribution in [0.5, 0.6) is 0 Å². The predicted octanol–water partition coefficient (Wildman–Crippen LogP) is 3.12. The Bertz CT molecular complexity index is 780. The number of benzene rings is 2.